The van der Waals surface area contributed by atoms with Crippen LogP contribution in [0.3, 0.4) is 0 Å². The Morgan fingerprint density at radius 1 is 1.20 bits per heavy atom. The first-order chi connectivity index (χ1) is 9.56. The summed E-state index contributed by atoms with van der Waals surface area (Å²) in [6, 6.07) is 10.8. The van der Waals surface area contributed by atoms with Crippen molar-refractivity contribution in [1.29, 1.82) is 0 Å². The minimum absolute atomic E-state index is 0.0402. The molecule has 1 aromatic heterocycles. The van der Waals surface area contributed by atoms with E-state index in [2.05, 4.69) is 4.98 Å². The van der Waals surface area contributed by atoms with E-state index >= 15 is 0 Å². The van der Waals surface area contributed by atoms with E-state index in [4.69, 9.17) is 17.3 Å². The van der Waals surface area contributed by atoms with Crippen LogP contribution in [-0.2, 0) is 0 Å². The summed E-state index contributed by atoms with van der Waals surface area (Å²) in [6.07, 6.45) is 1.72. The predicted molar refractivity (Wildman–Crippen MR) is 82.3 cm³/mol. The van der Waals surface area contributed by atoms with Gasteiger partial charge in [0, 0.05) is 38.9 Å². The molecule has 0 aliphatic carbocycles. The predicted octanol–water partition coefficient (Wildman–Crippen LogP) is 3.94. The smallest absolute Gasteiger partial charge is 0.195 e. The van der Waals surface area contributed by atoms with Crippen molar-refractivity contribution in [2.75, 3.05) is 5.73 Å². The van der Waals surface area contributed by atoms with Crippen LogP contribution in [0.15, 0.2) is 42.6 Å². The van der Waals surface area contributed by atoms with Crippen molar-refractivity contribution in [3.05, 3.63) is 64.3 Å². The number of hydrogen-bond acceptors (Lipinski definition) is 2. The molecular formula is C16H13ClN2O. The molecule has 3 aromatic rings. The molecule has 3 rings (SSSR count). The Morgan fingerprint density at radius 2 is 2.00 bits per heavy atom. The summed E-state index contributed by atoms with van der Waals surface area (Å²) >= 11 is 6.00. The third-order valence-corrected chi connectivity index (χ3v) is 3.66. The number of fused-ring (bicyclic) bond motifs is 1. The first-order valence-electron chi connectivity index (χ1n) is 6.24. The molecule has 0 atom stereocenters. The van der Waals surface area contributed by atoms with Crippen molar-refractivity contribution in [3.63, 3.8) is 0 Å². The summed E-state index contributed by atoms with van der Waals surface area (Å²) in [5, 5.41) is 1.44. The molecule has 4 heteroatoms. The topological polar surface area (TPSA) is 58.9 Å². The number of aromatic amines is 1. The highest BCUT2D eigenvalue weighted by Crippen LogP contribution is 2.25. The van der Waals surface area contributed by atoms with Crippen molar-refractivity contribution < 1.29 is 4.79 Å². The third kappa shape index (κ3) is 2.06. The molecule has 0 fully saturated rings. The number of nitrogens with two attached hydrogens (primary N) is 1. The van der Waals surface area contributed by atoms with Gasteiger partial charge in [-0.1, -0.05) is 11.6 Å². The molecule has 20 heavy (non-hydrogen) atoms. The van der Waals surface area contributed by atoms with E-state index in [9.17, 15) is 4.79 Å². The van der Waals surface area contributed by atoms with E-state index < -0.39 is 0 Å². The average Bonchev–Trinajstić information content (AvgIpc) is 2.84. The van der Waals surface area contributed by atoms with Gasteiger partial charge in [-0.2, -0.15) is 0 Å². The van der Waals surface area contributed by atoms with Crippen LogP contribution in [0.2, 0.25) is 5.02 Å². The first-order valence-corrected chi connectivity index (χ1v) is 6.61. The monoisotopic (exact) mass is 284 g/mol. The van der Waals surface area contributed by atoms with Gasteiger partial charge >= 0.3 is 0 Å². The van der Waals surface area contributed by atoms with Crippen LogP contribution in [0.25, 0.3) is 10.9 Å². The molecule has 0 saturated heterocycles. The average molecular weight is 285 g/mol. The quantitative estimate of drug-likeness (QED) is 0.553. The molecule has 0 unspecified atom stereocenters. The molecule has 100 valence electrons. The Hall–Kier alpha value is -2.26. The summed E-state index contributed by atoms with van der Waals surface area (Å²) < 4.78 is 0. The van der Waals surface area contributed by atoms with Gasteiger partial charge in [0.05, 0.1) is 0 Å². The van der Waals surface area contributed by atoms with Gasteiger partial charge in [0.15, 0.2) is 5.78 Å². The zero-order valence-electron chi connectivity index (χ0n) is 10.9. The zero-order chi connectivity index (χ0) is 14.3. The molecular weight excluding hydrogens is 272 g/mol. The number of nitrogen functional groups attached to an aromatic ring is 1. The Balaban J connectivity index is 2.12. The molecule has 0 saturated carbocycles. The van der Waals surface area contributed by atoms with Crippen LogP contribution in [-0.4, -0.2) is 10.8 Å². The van der Waals surface area contributed by atoms with Gasteiger partial charge in [0.2, 0.25) is 0 Å². The second-order valence-electron chi connectivity index (χ2n) is 4.79. The van der Waals surface area contributed by atoms with Crippen molar-refractivity contribution >= 4 is 34.0 Å². The van der Waals surface area contributed by atoms with Gasteiger partial charge in [-0.05, 0) is 48.9 Å². The van der Waals surface area contributed by atoms with E-state index in [-0.39, 0.29) is 5.78 Å². The minimum atomic E-state index is -0.0402. The van der Waals surface area contributed by atoms with E-state index in [1.807, 2.05) is 13.0 Å². The molecule has 0 aliphatic rings. The fourth-order valence-electron chi connectivity index (χ4n) is 2.25. The normalized spacial score (nSPS) is 10.9. The number of anilines is 1. The van der Waals surface area contributed by atoms with Crippen LogP contribution < -0.4 is 5.73 Å². The van der Waals surface area contributed by atoms with Gasteiger partial charge in [-0.25, -0.2) is 0 Å². The van der Waals surface area contributed by atoms with Crippen LogP contribution in [0.4, 0.5) is 5.69 Å². The lowest BCUT2D eigenvalue weighted by atomic mass is 10.0. The van der Waals surface area contributed by atoms with E-state index in [0.717, 1.165) is 16.5 Å². The largest absolute Gasteiger partial charge is 0.399 e. The number of ketones is 1. The number of benzene rings is 2. The number of hydrogen-bond donors (Lipinski definition) is 2. The number of H-pyrrole nitrogens is 1. The molecule has 0 amide bonds. The SMILES string of the molecule is Cc1cc(C(=O)c2c[nH]c3ccc(Cl)cc23)ccc1N. The molecule has 0 aliphatic heterocycles. The lowest BCUT2D eigenvalue weighted by Gasteiger charge is -2.04. The van der Waals surface area contributed by atoms with E-state index in [1.165, 1.54) is 0 Å². The number of halogens is 1. The van der Waals surface area contributed by atoms with Gasteiger partial charge in [-0.15, -0.1) is 0 Å². The van der Waals surface area contributed by atoms with Crippen LogP contribution in [0.5, 0.6) is 0 Å². The Morgan fingerprint density at radius 3 is 2.75 bits per heavy atom. The highest BCUT2D eigenvalue weighted by molar-refractivity contribution is 6.31. The molecule has 3 N–H and O–H groups in total. The number of rotatable bonds is 2. The van der Waals surface area contributed by atoms with Crippen molar-refractivity contribution in [3.8, 4) is 0 Å². The zero-order valence-corrected chi connectivity index (χ0v) is 11.7. The second kappa shape index (κ2) is 4.69. The first kappa shape index (κ1) is 12.8. The summed E-state index contributed by atoms with van der Waals surface area (Å²) in [7, 11) is 0. The van der Waals surface area contributed by atoms with E-state index in [0.29, 0.717) is 21.8 Å². The summed E-state index contributed by atoms with van der Waals surface area (Å²) in [5.74, 6) is -0.0402. The fraction of sp³-hybridized carbons (Fsp3) is 0.0625. The summed E-state index contributed by atoms with van der Waals surface area (Å²) in [6.45, 7) is 1.89. The number of nitrogens with one attached hydrogen (secondary N) is 1. The maximum atomic E-state index is 12.6. The number of aromatic nitrogens is 1. The van der Waals surface area contributed by atoms with Gasteiger partial charge in [0.1, 0.15) is 0 Å². The lowest BCUT2D eigenvalue weighted by Crippen LogP contribution is -2.02. The van der Waals surface area contributed by atoms with Crippen LogP contribution in [0.1, 0.15) is 21.5 Å². The summed E-state index contributed by atoms with van der Waals surface area (Å²) in [5.41, 5.74) is 9.50. The molecule has 0 radical (unpaired) electrons. The number of carbonyl (C=O) groups excluding carboxylic acids is 1. The standard InChI is InChI=1S/C16H13ClN2O/c1-9-6-10(2-4-14(9)18)16(20)13-8-19-15-5-3-11(17)7-12(13)15/h2-8,19H,18H2,1H3. The van der Waals surface area contributed by atoms with Gasteiger partial charge in [-0.3, -0.25) is 4.79 Å². The Bertz CT molecular complexity index is 820. The summed E-state index contributed by atoms with van der Waals surface area (Å²) in [4.78, 5) is 15.7. The van der Waals surface area contributed by atoms with Crippen molar-refractivity contribution in [1.82, 2.24) is 4.98 Å². The molecule has 0 spiro atoms. The number of aryl methyl sites for hydroxylation is 1. The molecule has 0 bridgehead atoms. The third-order valence-electron chi connectivity index (χ3n) is 3.42. The Labute approximate surface area is 121 Å². The minimum Gasteiger partial charge on any atom is -0.399 e. The lowest BCUT2D eigenvalue weighted by molar-refractivity contribution is 0.104. The second-order valence-corrected chi connectivity index (χ2v) is 5.23. The van der Waals surface area contributed by atoms with Crippen molar-refractivity contribution in [2.45, 2.75) is 6.92 Å². The maximum Gasteiger partial charge on any atom is 0.195 e. The maximum absolute atomic E-state index is 12.6. The van der Waals surface area contributed by atoms with Gasteiger partial charge in [0.25, 0.3) is 0 Å². The highest BCUT2D eigenvalue weighted by Gasteiger charge is 2.15. The molecule has 2 aromatic carbocycles. The molecule has 3 nitrogen and oxygen atoms in total. The van der Waals surface area contributed by atoms with E-state index in [1.54, 1.807) is 36.5 Å². The molecule has 1 heterocycles. The van der Waals surface area contributed by atoms with Crippen molar-refractivity contribution in [2.24, 2.45) is 0 Å². The van der Waals surface area contributed by atoms with Gasteiger partial charge < -0.3 is 10.7 Å². The fourth-order valence-corrected chi connectivity index (χ4v) is 2.43. The Kier molecular flexibility index (Phi) is 2.99. The highest BCUT2D eigenvalue weighted by atomic mass is 35.5. The van der Waals surface area contributed by atoms with Crippen LogP contribution in [0, 0.1) is 6.92 Å². The van der Waals surface area contributed by atoms with Crippen LogP contribution >= 0.6 is 11.6 Å². The number of carbonyl (C=O) groups is 1.